The van der Waals surface area contributed by atoms with Crippen molar-refractivity contribution >= 4 is 11.9 Å². The fraction of sp³-hybridized carbons (Fsp3) is 0.923. The lowest BCUT2D eigenvalue weighted by atomic mass is 10.0. The van der Waals surface area contributed by atoms with Crippen molar-refractivity contribution in [2.75, 3.05) is 13.2 Å². The molecule has 2 atom stereocenters. The third-order valence-corrected chi connectivity index (χ3v) is 18.2. The fourth-order valence-corrected chi connectivity index (χ4v) is 12.3. The van der Waals surface area contributed by atoms with E-state index in [-0.39, 0.29) is 18.5 Å². The molecule has 6 heteroatoms. The highest BCUT2D eigenvalue weighted by molar-refractivity contribution is 5.76. The third kappa shape index (κ3) is 69.4. The van der Waals surface area contributed by atoms with Crippen LogP contribution in [0.2, 0.25) is 0 Å². The Kier molecular flexibility index (Phi) is 72.3. The van der Waals surface area contributed by atoms with Gasteiger partial charge in [0.05, 0.1) is 25.4 Å². The van der Waals surface area contributed by atoms with E-state index in [1.54, 1.807) is 6.08 Å². The molecule has 0 aromatic heterocycles. The number of aliphatic hydroxyl groups excluding tert-OH is 2. The van der Waals surface area contributed by atoms with Gasteiger partial charge >= 0.3 is 5.97 Å². The minimum absolute atomic E-state index is 0.0211. The van der Waals surface area contributed by atoms with E-state index in [1.807, 2.05) is 6.08 Å². The van der Waals surface area contributed by atoms with Gasteiger partial charge in [-0.25, -0.2) is 0 Å². The Morgan fingerprint density at radius 1 is 0.321 bits per heavy atom. The number of rotatable bonds is 73. The molecule has 0 aliphatic rings. The van der Waals surface area contributed by atoms with Crippen LogP contribution in [0.4, 0.5) is 0 Å². The van der Waals surface area contributed by atoms with Crippen molar-refractivity contribution in [3.05, 3.63) is 24.3 Å². The van der Waals surface area contributed by atoms with Crippen LogP contribution >= 0.6 is 0 Å². The Morgan fingerprint density at radius 3 is 0.845 bits per heavy atom. The summed E-state index contributed by atoms with van der Waals surface area (Å²) in [7, 11) is 0. The first-order chi connectivity index (χ1) is 41.5. The predicted octanol–water partition coefficient (Wildman–Crippen LogP) is 25.3. The fourth-order valence-electron chi connectivity index (χ4n) is 12.3. The molecule has 3 N–H and O–H groups in total. The van der Waals surface area contributed by atoms with E-state index in [9.17, 15) is 19.8 Å². The molecule has 0 bridgehead atoms. The van der Waals surface area contributed by atoms with Crippen molar-refractivity contribution in [1.29, 1.82) is 0 Å². The van der Waals surface area contributed by atoms with E-state index < -0.39 is 12.1 Å². The van der Waals surface area contributed by atoms with Gasteiger partial charge < -0.3 is 20.3 Å². The Hall–Kier alpha value is -1.66. The molecule has 0 saturated carbocycles. The van der Waals surface area contributed by atoms with Crippen LogP contribution in [0, 0.1) is 0 Å². The lowest BCUT2D eigenvalue weighted by Gasteiger charge is -2.20. The average Bonchev–Trinajstić information content (AvgIpc) is 3.51. The Labute approximate surface area is 526 Å². The zero-order chi connectivity index (χ0) is 60.6. The second-order valence-corrected chi connectivity index (χ2v) is 26.7. The normalized spacial score (nSPS) is 12.6. The number of esters is 1. The molecule has 0 heterocycles. The van der Waals surface area contributed by atoms with Gasteiger partial charge in [0.15, 0.2) is 0 Å². The summed E-state index contributed by atoms with van der Waals surface area (Å²) >= 11 is 0. The first-order valence-corrected chi connectivity index (χ1v) is 38.6. The standard InChI is InChI=1S/C78H151NO5/c1-3-5-7-9-11-13-15-17-19-20-21-34-37-40-43-46-50-54-58-62-66-70-76(81)75(74-80)79-77(82)71-67-63-59-55-51-47-44-41-38-35-32-30-28-26-24-22-23-25-27-29-31-33-36-39-42-45-49-53-57-61-65-69-73-84-78(83)72-68-64-60-56-52-48-18-16-14-12-10-8-6-4-2/h25,27,66,70,75-76,80-81H,3-24,26,28-65,67-69,71-74H2,1-2H3,(H,79,82)/b27-25-,70-66+. The van der Waals surface area contributed by atoms with Crippen LogP contribution < -0.4 is 5.32 Å². The molecule has 1 amide bonds. The van der Waals surface area contributed by atoms with Crippen molar-refractivity contribution in [3.8, 4) is 0 Å². The summed E-state index contributed by atoms with van der Waals surface area (Å²) in [6.45, 7) is 4.96. The molecule has 0 saturated heterocycles. The Morgan fingerprint density at radius 2 is 0.560 bits per heavy atom. The van der Waals surface area contributed by atoms with Crippen LogP contribution in [0.5, 0.6) is 0 Å². The summed E-state index contributed by atoms with van der Waals surface area (Å²) in [5.41, 5.74) is 0. The molecule has 498 valence electrons. The lowest BCUT2D eigenvalue weighted by molar-refractivity contribution is -0.143. The quantitative estimate of drug-likeness (QED) is 0.0320. The second-order valence-electron chi connectivity index (χ2n) is 26.7. The number of hydrogen-bond acceptors (Lipinski definition) is 5. The summed E-state index contributed by atoms with van der Waals surface area (Å²) in [6, 6.07) is -0.627. The highest BCUT2D eigenvalue weighted by Gasteiger charge is 2.18. The number of hydrogen-bond donors (Lipinski definition) is 3. The van der Waals surface area contributed by atoms with Crippen LogP contribution in [0.1, 0.15) is 438 Å². The van der Waals surface area contributed by atoms with Crippen LogP contribution in [0.3, 0.4) is 0 Å². The van der Waals surface area contributed by atoms with Crippen molar-refractivity contribution in [1.82, 2.24) is 5.32 Å². The van der Waals surface area contributed by atoms with Gasteiger partial charge in [0, 0.05) is 12.8 Å². The van der Waals surface area contributed by atoms with Crippen LogP contribution in [-0.2, 0) is 14.3 Å². The van der Waals surface area contributed by atoms with Crippen molar-refractivity contribution in [3.63, 3.8) is 0 Å². The number of aliphatic hydroxyl groups is 2. The zero-order valence-electron chi connectivity index (χ0n) is 57.2. The molecule has 0 fully saturated rings. The highest BCUT2D eigenvalue weighted by Crippen LogP contribution is 2.20. The predicted molar refractivity (Wildman–Crippen MR) is 370 cm³/mol. The van der Waals surface area contributed by atoms with Gasteiger partial charge in [-0.05, 0) is 57.8 Å². The average molecular weight is 1180 g/mol. The third-order valence-electron chi connectivity index (χ3n) is 18.2. The number of unbranched alkanes of at least 4 members (excludes halogenated alkanes) is 60. The Bertz CT molecular complexity index is 1320. The number of carbonyl (C=O) groups is 2. The zero-order valence-corrected chi connectivity index (χ0v) is 57.2. The number of allylic oxidation sites excluding steroid dienone is 3. The summed E-state index contributed by atoms with van der Waals surface area (Å²) in [6.07, 6.45) is 94.3. The number of nitrogens with one attached hydrogen (secondary N) is 1. The highest BCUT2D eigenvalue weighted by atomic mass is 16.5. The van der Waals surface area contributed by atoms with E-state index in [2.05, 4.69) is 31.3 Å². The molecule has 0 aliphatic heterocycles. The summed E-state index contributed by atoms with van der Waals surface area (Å²) in [5, 5.41) is 23.3. The number of amides is 1. The maximum atomic E-state index is 12.5. The smallest absolute Gasteiger partial charge is 0.305 e. The van der Waals surface area contributed by atoms with Gasteiger partial charge in [-0.2, -0.15) is 0 Å². The summed E-state index contributed by atoms with van der Waals surface area (Å²) in [5.74, 6) is -0.0396. The summed E-state index contributed by atoms with van der Waals surface area (Å²) in [4.78, 5) is 24.6. The minimum atomic E-state index is -0.843. The molecule has 0 aromatic rings. The van der Waals surface area contributed by atoms with Crippen LogP contribution in [-0.4, -0.2) is 47.4 Å². The number of ether oxygens (including phenoxy) is 1. The van der Waals surface area contributed by atoms with Crippen LogP contribution in [0.15, 0.2) is 24.3 Å². The second kappa shape index (κ2) is 73.8. The van der Waals surface area contributed by atoms with Crippen LogP contribution in [0.25, 0.3) is 0 Å². The molecule has 0 radical (unpaired) electrons. The maximum Gasteiger partial charge on any atom is 0.305 e. The SMILES string of the molecule is CCCCCCCCCCCCCCCCCCCCC/C=C/C(O)C(CO)NC(=O)CCCCCCCCCCCCCCCCCC/C=C\CCCCCCCCCCCCCCOC(=O)CCCCCCCCCCCCCCCC. The molecule has 0 aliphatic carbocycles. The first-order valence-electron chi connectivity index (χ1n) is 38.6. The van der Waals surface area contributed by atoms with E-state index in [0.29, 0.717) is 19.4 Å². The Balaban J connectivity index is 3.37. The lowest BCUT2D eigenvalue weighted by Crippen LogP contribution is -2.45. The van der Waals surface area contributed by atoms with Gasteiger partial charge in [-0.15, -0.1) is 0 Å². The molecule has 0 aromatic carbocycles. The molecule has 0 rings (SSSR count). The molecule has 84 heavy (non-hydrogen) atoms. The monoisotopic (exact) mass is 1180 g/mol. The van der Waals surface area contributed by atoms with Gasteiger partial charge in [0.25, 0.3) is 0 Å². The topological polar surface area (TPSA) is 95.9 Å². The van der Waals surface area contributed by atoms with E-state index >= 15 is 0 Å². The van der Waals surface area contributed by atoms with Crippen molar-refractivity contribution in [2.45, 2.75) is 450 Å². The molecular formula is C78H151NO5. The maximum absolute atomic E-state index is 12.5. The minimum Gasteiger partial charge on any atom is -0.466 e. The molecule has 0 spiro atoms. The van der Waals surface area contributed by atoms with Gasteiger partial charge in [0.1, 0.15) is 0 Å². The summed E-state index contributed by atoms with van der Waals surface area (Å²) < 4.78 is 5.50. The van der Waals surface area contributed by atoms with Gasteiger partial charge in [-0.1, -0.05) is 391 Å². The van der Waals surface area contributed by atoms with E-state index in [4.69, 9.17) is 4.74 Å². The van der Waals surface area contributed by atoms with Gasteiger partial charge in [0.2, 0.25) is 5.91 Å². The van der Waals surface area contributed by atoms with Gasteiger partial charge in [-0.3, -0.25) is 9.59 Å². The first kappa shape index (κ1) is 82.3. The van der Waals surface area contributed by atoms with E-state index in [1.165, 1.54) is 372 Å². The molecule has 6 nitrogen and oxygen atoms in total. The van der Waals surface area contributed by atoms with Crippen molar-refractivity contribution in [2.24, 2.45) is 0 Å². The van der Waals surface area contributed by atoms with Crippen molar-refractivity contribution < 1.29 is 24.5 Å². The molecular weight excluding hydrogens is 1030 g/mol. The molecule has 2 unspecified atom stereocenters. The van der Waals surface area contributed by atoms with E-state index in [0.717, 1.165) is 38.5 Å². The largest absolute Gasteiger partial charge is 0.466 e. The number of carbonyl (C=O) groups excluding carboxylic acids is 2.